The Morgan fingerprint density at radius 2 is 1.39 bits per heavy atom. The molecule has 0 spiro atoms. The lowest BCUT2D eigenvalue weighted by Gasteiger charge is -2.10. The second-order valence-corrected chi connectivity index (χ2v) is 10.6. The van der Waals surface area contributed by atoms with Gasteiger partial charge in [-0.05, 0) is 67.3 Å². The maximum absolute atomic E-state index is 12.7. The SMILES string of the molecule is CCCCCCCCCc1cnc(-c2ccc(OC(=O)c3ccc(OCCCCCCCC)c(C#N)c3)cc2)nc1. The molecule has 0 amide bonds. The highest BCUT2D eigenvalue weighted by Gasteiger charge is 2.13. The third-order valence-electron chi connectivity index (χ3n) is 7.19. The Labute approximate surface area is 246 Å². The van der Waals surface area contributed by atoms with E-state index >= 15 is 0 Å². The van der Waals surface area contributed by atoms with Crippen LogP contribution in [0.3, 0.4) is 0 Å². The summed E-state index contributed by atoms with van der Waals surface area (Å²) in [5.74, 6) is 1.02. The number of carbonyl (C=O) groups is 1. The van der Waals surface area contributed by atoms with Crippen LogP contribution >= 0.6 is 0 Å². The number of nitrogens with zero attached hydrogens (tertiary/aromatic N) is 3. The molecule has 0 fully saturated rings. The zero-order valence-electron chi connectivity index (χ0n) is 24.9. The molecule has 0 aliphatic carbocycles. The summed E-state index contributed by atoms with van der Waals surface area (Å²) in [4.78, 5) is 21.8. The molecule has 6 heteroatoms. The van der Waals surface area contributed by atoms with Crippen LogP contribution in [-0.2, 0) is 6.42 Å². The van der Waals surface area contributed by atoms with Crippen molar-refractivity contribution in [3.63, 3.8) is 0 Å². The first-order chi connectivity index (χ1) is 20.1. The van der Waals surface area contributed by atoms with Crippen LogP contribution in [0.4, 0.5) is 0 Å². The third-order valence-corrected chi connectivity index (χ3v) is 7.19. The molecule has 0 saturated carbocycles. The van der Waals surface area contributed by atoms with Crippen LogP contribution in [0.1, 0.15) is 119 Å². The summed E-state index contributed by atoms with van der Waals surface area (Å²) < 4.78 is 11.4. The second kappa shape index (κ2) is 18.6. The third kappa shape index (κ3) is 11.4. The average Bonchev–Trinajstić information content (AvgIpc) is 3.01. The predicted molar refractivity (Wildman–Crippen MR) is 164 cm³/mol. The molecule has 2 aromatic carbocycles. The zero-order chi connectivity index (χ0) is 29.1. The minimum absolute atomic E-state index is 0.303. The summed E-state index contributed by atoms with van der Waals surface area (Å²) in [6.45, 7) is 5.01. The van der Waals surface area contributed by atoms with E-state index in [2.05, 4.69) is 29.9 Å². The zero-order valence-corrected chi connectivity index (χ0v) is 24.9. The van der Waals surface area contributed by atoms with Gasteiger partial charge in [0.2, 0.25) is 0 Å². The number of nitriles is 1. The van der Waals surface area contributed by atoms with E-state index in [1.54, 1.807) is 24.3 Å². The normalized spacial score (nSPS) is 10.8. The lowest BCUT2D eigenvalue weighted by Crippen LogP contribution is -2.09. The number of hydrogen-bond acceptors (Lipinski definition) is 6. The monoisotopic (exact) mass is 555 g/mol. The number of carbonyl (C=O) groups excluding carboxylic acids is 1. The number of rotatable bonds is 19. The molecular formula is C35H45N3O3. The van der Waals surface area contributed by atoms with Gasteiger partial charge in [0, 0.05) is 18.0 Å². The van der Waals surface area contributed by atoms with E-state index in [1.165, 1.54) is 76.7 Å². The Hall–Kier alpha value is -3.72. The van der Waals surface area contributed by atoms with Gasteiger partial charge in [-0.1, -0.05) is 84.5 Å². The molecule has 3 rings (SSSR count). The summed E-state index contributed by atoms with van der Waals surface area (Å²) in [6.07, 6.45) is 20.8. The molecule has 0 N–H and O–H groups in total. The summed E-state index contributed by atoms with van der Waals surface area (Å²) in [7, 11) is 0. The van der Waals surface area contributed by atoms with E-state index in [4.69, 9.17) is 9.47 Å². The van der Waals surface area contributed by atoms with Crippen LogP contribution < -0.4 is 9.47 Å². The molecule has 0 aliphatic heterocycles. The van der Waals surface area contributed by atoms with Gasteiger partial charge in [-0.25, -0.2) is 14.8 Å². The standard InChI is InChI=1S/C35H45N3O3/c1-3-5-7-9-11-12-14-16-28-26-37-34(38-27-28)29-17-20-32(21-18-29)41-35(39)30-19-22-33(31(24-30)25-36)40-23-15-13-10-8-6-4-2/h17-22,24,26-27H,3-16,23H2,1-2H3. The van der Waals surface area contributed by atoms with E-state index in [-0.39, 0.29) is 0 Å². The predicted octanol–water partition coefficient (Wildman–Crippen LogP) is 9.27. The highest BCUT2D eigenvalue weighted by atomic mass is 16.5. The Morgan fingerprint density at radius 3 is 2.02 bits per heavy atom. The van der Waals surface area contributed by atoms with Gasteiger partial charge in [-0.15, -0.1) is 0 Å². The van der Waals surface area contributed by atoms with Crippen molar-refractivity contribution >= 4 is 5.97 Å². The minimum Gasteiger partial charge on any atom is -0.492 e. The van der Waals surface area contributed by atoms with Crippen LogP contribution in [0.25, 0.3) is 11.4 Å². The van der Waals surface area contributed by atoms with Gasteiger partial charge in [0.05, 0.1) is 17.7 Å². The van der Waals surface area contributed by atoms with Crippen molar-refractivity contribution in [3.05, 3.63) is 71.5 Å². The second-order valence-electron chi connectivity index (χ2n) is 10.6. The maximum Gasteiger partial charge on any atom is 0.343 e. The Morgan fingerprint density at radius 1 is 0.780 bits per heavy atom. The molecule has 0 aliphatic rings. The molecule has 3 aromatic rings. The van der Waals surface area contributed by atoms with Gasteiger partial charge < -0.3 is 9.47 Å². The largest absolute Gasteiger partial charge is 0.492 e. The number of hydrogen-bond donors (Lipinski definition) is 0. The highest BCUT2D eigenvalue weighted by molar-refractivity contribution is 5.91. The smallest absolute Gasteiger partial charge is 0.343 e. The van der Waals surface area contributed by atoms with Gasteiger partial charge >= 0.3 is 5.97 Å². The molecule has 0 bridgehead atoms. The molecule has 0 unspecified atom stereocenters. The molecule has 41 heavy (non-hydrogen) atoms. The summed E-state index contributed by atoms with van der Waals surface area (Å²) in [6, 6.07) is 14.1. The quantitative estimate of drug-likeness (QED) is 0.0832. The van der Waals surface area contributed by atoms with E-state index in [0.29, 0.717) is 35.1 Å². The van der Waals surface area contributed by atoms with Crippen LogP contribution in [0.15, 0.2) is 54.9 Å². The van der Waals surface area contributed by atoms with Gasteiger partial charge in [-0.2, -0.15) is 5.26 Å². The molecule has 0 saturated heterocycles. The topological polar surface area (TPSA) is 85.1 Å². The minimum atomic E-state index is -0.525. The number of benzene rings is 2. The summed E-state index contributed by atoms with van der Waals surface area (Å²) in [5, 5.41) is 9.57. The van der Waals surface area contributed by atoms with E-state index in [9.17, 15) is 10.1 Å². The molecule has 6 nitrogen and oxygen atoms in total. The van der Waals surface area contributed by atoms with Crippen LogP contribution in [0, 0.1) is 11.3 Å². The molecule has 218 valence electrons. The van der Waals surface area contributed by atoms with Crippen LogP contribution in [0.2, 0.25) is 0 Å². The molecule has 0 atom stereocenters. The maximum atomic E-state index is 12.7. The van der Waals surface area contributed by atoms with Crippen molar-refractivity contribution in [1.29, 1.82) is 5.26 Å². The van der Waals surface area contributed by atoms with Gasteiger partial charge in [0.1, 0.15) is 17.6 Å². The summed E-state index contributed by atoms with van der Waals surface area (Å²) in [5.41, 5.74) is 2.64. The van der Waals surface area contributed by atoms with Crippen molar-refractivity contribution in [2.45, 2.75) is 104 Å². The summed E-state index contributed by atoms with van der Waals surface area (Å²) >= 11 is 0. The van der Waals surface area contributed by atoms with Gasteiger partial charge in [0.15, 0.2) is 5.82 Å². The Kier molecular flexibility index (Phi) is 14.4. The molecular weight excluding hydrogens is 510 g/mol. The first kappa shape index (κ1) is 31.8. The van der Waals surface area contributed by atoms with E-state index < -0.39 is 5.97 Å². The average molecular weight is 556 g/mol. The fourth-order valence-electron chi connectivity index (χ4n) is 4.69. The molecule has 1 heterocycles. The lowest BCUT2D eigenvalue weighted by atomic mass is 10.1. The number of ether oxygens (including phenoxy) is 2. The molecule has 1 aromatic heterocycles. The van der Waals surface area contributed by atoms with Crippen molar-refractivity contribution in [2.24, 2.45) is 0 Å². The highest BCUT2D eigenvalue weighted by Crippen LogP contribution is 2.23. The number of aromatic nitrogens is 2. The van der Waals surface area contributed by atoms with Crippen molar-refractivity contribution < 1.29 is 14.3 Å². The van der Waals surface area contributed by atoms with Crippen molar-refractivity contribution in [3.8, 4) is 29.0 Å². The van der Waals surface area contributed by atoms with Crippen molar-refractivity contribution in [2.75, 3.05) is 6.61 Å². The first-order valence-corrected chi connectivity index (χ1v) is 15.4. The fourth-order valence-corrected chi connectivity index (χ4v) is 4.69. The Bertz CT molecular complexity index is 1220. The van der Waals surface area contributed by atoms with Crippen LogP contribution in [-0.4, -0.2) is 22.5 Å². The Balaban J connectivity index is 1.46. The number of unbranched alkanes of at least 4 members (excludes halogenated alkanes) is 11. The van der Waals surface area contributed by atoms with Crippen molar-refractivity contribution in [1.82, 2.24) is 9.97 Å². The number of esters is 1. The first-order valence-electron chi connectivity index (χ1n) is 15.4. The van der Waals surface area contributed by atoms with E-state index in [1.807, 2.05) is 24.5 Å². The van der Waals surface area contributed by atoms with Gasteiger partial charge in [0.25, 0.3) is 0 Å². The fraction of sp³-hybridized carbons (Fsp3) is 0.486. The number of aryl methyl sites for hydroxylation is 1. The lowest BCUT2D eigenvalue weighted by molar-refractivity contribution is 0.0734. The van der Waals surface area contributed by atoms with Gasteiger partial charge in [-0.3, -0.25) is 0 Å². The van der Waals surface area contributed by atoms with Crippen LogP contribution in [0.5, 0.6) is 11.5 Å². The van der Waals surface area contributed by atoms with E-state index in [0.717, 1.165) is 30.4 Å². The molecule has 0 radical (unpaired) electrons.